The minimum absolute atomic E-state index is 0.227. The quantitative estimate of drug-likeness (QED) is 0.609. The number of hydrogen-bond donors (Lipinski definition) is 2. The topological polar surface area (TPSA) is 73.0 Å². The minimum Gasteiger partial charge on any atom is -0.462 e. The van der Waals surface area contributed by atoms with Gasteiger partial charge in [0, 0.05) is 11.8 Å². The van der Waals surface area contributed by atoms with Gasteiger partial charge in [-0.2, -0.15) is 0 Å². The van der Waals surface area contributed by atoms with Crippen molar-refractivity contribution >= 4 is 39.2 Å². The predicted octanol–water partition coefficient (Wildman–Crippen LogP) is 3.27. The molecule has 0 saturated carbocycles. The third-order valence-corrected chi connectivity index (χ3v) is 6.34. The average Bonchev–Trinajstić information content (AvgIpc) is 3.29. The number of ether oxygens (including phenoxy) is 1. The molecular weight excluding hydrogens is 388 g/mol. The van der Waals surface area contributed by atoms with E-state index in [4.69, 9.17) is 9.15 Å². The second-order valence-electron chi connectivity index (χ2n) is 7.21. The first-order valence-corrected chi connectivity index (χ1v) is 10.9. The van der Waals surface area contributed by atoms with Crippen LogP contribution < -0.4 is 10.2 Å². The Balaban J connectivity index is 1.65. The molecule has 6 nitrogen and oxygen atoms in total. The molecule has 1 aliphatic heterocycles. The summed E-state index contributed by atoms with van der Waals surface area (Å²) < 4.78 is 11.0. The molecule has 0 radical (unpaired) electrons. The Bertz CT molecular complexity index is 1020. The van der Waals surface area contributed by atoms with Crippen molar-refractivity contribution < 1.29 is 23.6 Å². The van der Waals surface area contributed by atoms with Crippen molar-refractivity contribution in [1.82, 2.24) is 0 Å². The van der Waals surface area contributed by atoms with E-state index < -0.39 is 0 Å². The molecule has 1 amide bonds. The maximum Gasteiger partial charge on any atom is 0.341 e. The first-order valence-electron chi connectivity index (χ1n) is 10.1. The van der Waals surface area contributed by atoms with Gasteiger partial charge in [0.15, 0.2) is 5.76 Å². The molecule has 2 aromatic heterocycles. The molecule has 0 fully saturated rings. The van der Waals surface area contributed by atoms with Crippen molar-refractivity contribution in [3.05, 3.63) is 52.1 Å². The third kappa shape index (κ3) is 3.93. The number of fused-ring (bicyclic) bond motifs is 2. The molecule has 0 aliphatic carbocycles. The fourth-order valence-electron chi connectivity index (χ4n) is 3.87. The van der Waals surface area contributed by atoms with Crippen molar-refractivity contribution in [2.24, 2.45) is 0 Å². The molecular formula is C22H25N2O4S+. The van der Waals surface area contributed by atoms with Crippen LogP contribution in [0.2, 0.25) is 0 Å². The second kappa shape index (κ2) is 8.39. The number of esters is 1. The zero-order valence-corrected chi connectivity index (χ0v) is 17.5. The molecule has 1 unspecified atom stereocenters. The number of furan rings is 1. The van der Waals surface area contributed by atoms with Gasteiger partial charge in [0.2, 0.25) is 0 Å². The fraction of sp³-hybridized carbons (Fsp3) is 0.364. The van der Waals surface area contributed by atoms with Gasteiger partial charge >= 0.3 is 5.97 Å². The molecule has 0 spiro atoms. The fourth-order valence-corrected chi connectivity index (χ4v) is 5.17. The van der Waals surface area contributed by atoms with Crippen LogP contribution in [0.3, 0.4) is 0 Å². The molecule has 1 aromatic carbocycles. The summed E-state index contributed by atoms with van der Waals surface area (Å²) in [7, 11) is 0. The van der Waals surface area contributed by atoms with Crippen molar-refractivity contribution in [3.63, 3.8) is 0 Å². The third-order valence-electron chi connectivity index (χ3n) is 5.19. The molecule has 7 heteroatoms. The average molecular weight is 414 g/mol. The largest absolute Gasteiger partial charge is 0.462 e. The minimum atomic E-state index is -0.371. The van der Waals surface area contributed by atoms with E-state index in [-0.39, 0.29) is 17.6 Å². The Morgan fingerprint density at radius 1 is 1.28 bits per heavy atom. The van der Waals surface area contributed by atoms with Crippen molar-refractivity contribution in [2.75, 3.05) is 25.0 Å². The molecule has 29 heavy (non-hydrogen) atoms. The van der Waals surface area contributed by atoms with Crippen molar-refractivity contribution in [3.8, 4) is 0 Å². The number of amides is 1. The number of nitrogens with one attached hydrogen (secondary N) is 2. The van der Waals surface area contributed by atoms with Crippen LogP contribution in [0, 0.1) is 0 Å². The van der Waals surface area contributed by atoms with Crippen molar-refractivity contribution in [1.29, 1.82) is 0 Å². The van der Waals surface area contributed by atoms with Crippen LogP contribution in [0.5, 0.6) is 0 Å². The van der Waals surface area contributed by atoms with Crippen LogP contribution in [0.4, 0.5) is 5.00 Å². The monoisotopic (exact) mass is 413 g/mol. The second-order valence-corrected chi connectivity index (χ2v) is 8.31. The molecule has 1 aliphatic rings. The Morgan fingerprint density at radius 3 is 2.86 bits per heavy atom. The highest BCUT2D eigenvalue weighted by Gasteiger charge is 2.31. The molecule has 0 bridgehead atoms. The molecule has 3 aromatic rings. The lowest BCUT2D eigenvalue weighted by molar-refractivity contribution is -0.915. The van der Waals surface area contributed by atoms with Gasteiger partial charge in [-0.05, 0) is 31.0 Å². The maximum atomic E-state index is 12.8. The number of quaternary nitrogens is 1. The summed E-state index contributed by atoms with van der Waals surface area (Å²) >= 11 is 1.48. The van der Waals surface area contributed by atoms with Crippen LogP contribution in [0.1, 0.15) is 51.6 Å². The van der Waals surface area contributed by atoms with Crippen LogP contribution in [-0.4, -0.2) is 31.6 Å². The molecule has 2 N–H and O–H groups in total. The Hall–Kier alpha value is -2.64. The van der Waals surface area contributed by atoms with Gasteiger partial charge in [-0.1, -0.05) is 25.1 Å². The van der Waals surface area contributed by atoms with E-state index >= 15 is 0 Å². The summed E-state index contributed by atoms with van der Waals surface area (Å²) in [6.07, 6.45) is 1.94. The Labute approximate surface area is 173 Å². The van der Waals surface area contributed by atoms with E-state index in [2.05, 4.69) is 12.2 Å². The summed E-state index contributed by atoms with van der Waals surface area (Å²) in [6, 6.07) is 9.20. The highest BCUT2D eigenvalue weighted by molar-refractivity contribution is 7.17. The number of rotatable bonds is 6. The van der Waals surface area contributed by atoms with Crippen molar-refractivity contribution in [2.45, 2.75) is 33.2 Å². The van der Waals surface area contributed by atoms with Gasteiger partial charge in [0.25, 0.3) is 5.91 Å². The first-order chi connectivity index (χ1) is 14.1. The van der Waals surface area contributed by atoms with Crippen LogP contribution in [0.25, 0.3) is 11.0 Å². The molecule has 1 atom stereocenters. The number of anilines is 1. The lowest BCUT2D eigenvalue weighted by atomic mass is 10.0. The van der Waals surface area contributed by atoms with E-state index in [1.165, 1.54) is 16.2 Å². The summed E-state index contributed by atoms with van der Waals surface area (Å²) in [5, 5.41) is 4.33. The van der Waals surface area contributed by atoms with Gasteiger partial charge in [0.1, 0.15) is 17.1 Å². The standard InChI is InChI=1S/C22H24N2O4S/c1-3-10-24-11-9-15-18(13-24)29-21(19(15)22(26)27-4-2)23-20(25)17-12-14-7-5-6-8-16(14)28-17/h5-8,12H,3-4,9-11,13H2,1-2H3,(H,23,25)/p+1. The van der Waals surface area contributed by atoms with E-state index in [0.29, 0.717) is 22.8 Å². The van der Waals surface area contributed by atoms with Gasteiger partial charge in [0.05, 0.1) is 30.1 Å². The molecule has 152 valence electrons. The maximum absolute atomic E-state index is 12.8. The lowest BCUT2D eigenvalue weighted by Crippen LogP contribution is -3.11. The Kier molecular flexibility index (Phi) is 5.69. The number of para-hydroxylation sites is 1. The van der Waals surface area contributed by atoms with E-state index in [1.807, 2.05) is 24.3 Å². The summed E-state index contributed by atoms with van der Waals surface area (Å²) in [6.45, 7) is 7.23. The molecule has 4 rings (SSSR count). The molecule has 3 heterocycles. The van der Waals surface area contributed by atoms with Crippen LogP contribution in [0.15, 0.2) is 34.7 Å². The normalized spacial score (nSPS) is 15.9. The number of carbonyl (C=O) groups is 2. The summed E-state index contributed by atoms with van der Waals surface area (Å²) in [5.74, 6) is -0.502. The number of benzene rings is 1. The Morgan fingerprint density at radius 2 is 2.10 bits per heavy atom. The highest BCUT2D eigenvalue weighted by Crippen LogP contribution is 2.36. The van der Waals surface area contributed by atoms with Crippen LogP contribution in [-0.2, 0) is 17.7 Å². The van der Waals surface area contributed by atoms with Gasteiger partial charge < -0.3 is 19.4 Å². The molecule has 0 saturated heterocycles. The zero-order chi connectivity index (χ0) is 20.4. The summed E-state index contributed by atoms with van der Waals surface area (Å²) in [5.41, 5.74) is 2.19. The lowest BCUT2D eigenvalue weighted by Gasteiger charge is -2.23. The van der Waals surface area contributed by atoms with E-state index in [9.17, 15) is 9.59 Å². The first kappa shape index (κ1) is 19.7. The smallest absolute Gasteiger partial charge is 0.341 e. The highest BCUT2D eigenvalue weighted by atomic mass is 32.1. The van der Waals surface area contributed by atoms with Gasteiger partial charge in [-0.3, -0.25) is 4.79 Å². The predicted molar refractivity (Wildman–Crippen MR) is 113 cm³/mol. The number of thiophene rings is 1. The van der Waals surface area contributed by atoms with E-state index in [1.54, 1.807) is 13.0 Å². The SMILES string of the molecule is CCC[NH+]1CCc2c(sc(NC(=O)c3cc4ccccc4o3)c2C(=O)OCC)C1. The number of carbonyl (C=O) groups excluding carboxylic acids is 2. The summed E-state index contributed by atoms with van der Waals surface area (Å²) in [4.78, 5) is 28.2. The van der Waals surface area contributed by atoms with E-state index in [0.717, 1.165) is 48.3 Å². The zero-order valence-electron chi connectivity index (χ0n) is 16.7. The van der Waals surface area contributed by atoms with Gasteiger partial charge in [-0.25, -0.2) is 4.79 Å². The number of hydrogen-bond acceptors (Lipinski definition) is 5. The van der Waals surface area contributed by atoms with Crippen LogP contribution >= 0.6 is 11.3 Å². The van der Waals surface area contributed by atoms with Gasteiger partial charge in [-0.15, -0.1) is 11.3 Å².